The molecule has 0 saturated heterocycles. The van der Waals surface area contributed by atoms with Crippen LogP contribution in [-0.2, 0) is 11.2 Å². The highest BCUT2D eigenvalue weighted by Gasteiger charge is 2.19. The minimum absolute atomic E-state index is 0.114. The minimum Gasteiger partial charge on any atom is -0.383 e. The highest BCUT2D eigenvalue weighted by molar-refractivity contribution is 7.80. The summed E-state index contributed by atoms with van der Waals surface area (Å²) in [4.78, 5) is 6.35. The van der Waals surface area contributed by atoms with E-state index in [1.807, 2.05) is 24.4 Å². The fourth-order valence-corrected chi connectivity index (χ4v) is 2.90. The topological polar surface area (TPSA) is 37.4 Å². The summed E-state index contributed by atoms with van der Waals surface area (Å²) in [5.74, 6) is 0. The van der Waals surface area contributed by atoms with E-state index in [-0.39, 0.29) is 6.04 Å². The van der Waals surface area contributed by atoms with Gasteiger partial charge in [-0.3, -0.25) is 4.98 Å². The number of methoxy groups -OCH3 is 1. The maximum atomic E-state index is 5.67. The maximum Gasteiger partial charge on any atom is 0.174 e. The molecule has 0 aliphatic carbocycles. The monoisotopic (exact) mass is 343 g/mol. The van der Waals surface area contributed by atoms with Crippen LogP contribution in [-0.4, -0.2) is 35.3 Å². The summed E-state index contributed by atoms with van der Waals surface area (Å²) < 4.78 is 5.25. The first-order valence-corrected chi connectivity index (χ1v) is 8.62. The van der Waals surface area contributed by atoms with Gasteiger partial charge in [0.15, 0.2) is 5.11 Å². The Morgan fingerprint density at radius 3 is 2.83 bits per heavy atom. The molecule has 0 fully saturated rings. The van der Waals surface area contributed by atoms with Crippen LogP contribution in [0.25, 0.3) is 0 Å². The number of thiocarbonyl (C=S) groups is 1. The standard InChI is InChI=1S/C19H25N3OS/c1-4-16-7-5-9-18(13-16)21-19(24)22(11-12-23-3)15(2)17-8-6-10-20-14-17/h5-10,13-15H,4,11-12H2,1-3H3,(H,21,24)/t15-/m0/s1. The Morgan fingerprint density at radius 1 is 1.33 bits per heavy atom. The average molecular weight is 343 g/mol. The molecule has 128 valence electrons. The molecule has 1 aromatic heterocycles. The summed E-state index contributed by atoms with van der Waals surface area (Å²) in [6, 6.07) is 12.5. The number of ether oxygens (including phenoxy) is 1. The van der Waals surface area contributed by atoms with Crippen LogP contribution >= 0.6 is 12.2 Å². The van der Waals surface area contributed by atoms with Crippen molar-refractivity contribution in [3.8, 4) is 0 Å². The Labute approximate surface area is 149 Å². The van der Waals surface area contributed by atoms with E-state index in [4.69, 9.17) is 17.0 Å². The number of anilines is 1. The second-order valence-electron chi connectivity index (χ2n) is 5.63. The van der Waals surface area contributed by atoms with E-state index in [0.29, 0.717) is 18.3 Å². The zero-order valence-corrected chi connectivity index (χ0v) is 15.3. The average Bonchev–Trinajstić information content (AvgIpc) is 2.62. The first kappa shape index (κ1) is 18.4. The number of hydrogen-bond acceptors (Lipinski definition) is 3. The van der Waals surface area contributed by atoms with Crippen molar-refractivity contribution in [1.29, 1.82) is 0 Å². The number of hydrogen-bond donors (Lipinski definition) is 1. The summed E-state index contributed by atoms with van der Waals surface area (Å²) in [5, 5.41) is 4.05. The zero-order chi connectivity index (χ0) is 17.4. The number of nitrogens with zero attached hydrogens (tertiary/aromatic N) is 2. The van der Waals surface area contributed by atoms with Crippen molar-refractivity contribution < 1.29 is 4.74 Å². The van der Waals surface area contributed by atoms with Crippen LogP contribution < -0.4 is 5.32 Å². The van der Waals surface area contributed by atoms with Crippen LogP contribution in [0.15, 0.2) is 48.8 Å². The summed E-state index contributed by atoms with van der Waals surface area (Å²) in [6.07, 6.45) is 4.66. The second kappa shape index (κ2) is 9.35. The van der Waals surface area contributed by atoms with Crippen LogP contribution in [0.5, 0.6) is 0 Å². The van der Waals surface area contributed by atoms with Gasteiger partial charge in [-0.05, 0) is 54.9 Å². The largest absolute Gasteiger partial charge is 0.383 e. The van der Waals surface area contributed by atoms with Gasteiger partial charge >= 0.3 is 0 Å². The van der Waals surface area contributed by atoms with Crippen LogP contribution in [0.2, 0.25) is 0 Å². The van der Waals surface area contributed by atoms with E-state index in [1.54, 1.807) is 13.3 Å². The van der Waals surface area contributed by atoms with Gasteiger partial charge in [0.2, 0.25) is 0 Å². The molecule has 1 heterocycles. The van der Waals surface area contributed by atoms with E-state index in [1.165, 1.54) is 5.56 Å². The van der Waals surface area contributed by atoms with Crippen LogP contribution in [0.1, 0.15) is 31.0 Å². The normalized spacial score (nSPS) is 11.8. The summed E-state index contributed by atoms with van der Waals surface area (Å²) >= 11 is 5.67. The molecule has 0 aliphatic rings. The molecule has 2 aromatic rings. The molecular weight excluding hydrogens is 318 g/mol. The smallest absolute Gasteiger partial charge is 0.174 e. The van der Waals surface area contributed by atoms with Crippen molar-refractivity contribution in [1.82, 2.24) is 9.88 Å². The molecule has 0 bridgehead atoms. The third kappa shape index (κ3) is 5.01. The summed E-state index contributed by atoms with van der Waals surface area (Å²) in [7, 11) is 1.70. The molecule has 0 amide bonds. The van der Waals surface area contributed by atoms with Crippen LogP contribution in [0, 0.1) is 0 Å². The predicted octanol–water partition coefficient (Wildman–Crippen LogP) is 4.05. The lowest BCUT2D eigenvalue weighted by molar-refractivity contribution is 0.165. The highest BCUT2D eigenvalue weighted by atomic mass is 32.1. The van der Waals surface area contributed by atoms with E-state index in [2.05, 4.69) is 47.2 Å². The molecular formula is C19H25N3OS. The minimum atomic E-state index is 0.114. The molecule has 0 radical (unpaired) electrons. The van der Waals surface area contributed by atoms with Crippen LogP contribution in [0.3, 0.4) is 0 Å². The van der Waals surface area contributed by atoms with Crippen molar-refractivity contribution in [2.45, 2.75) is 26.3 Å². The Balaban J connectivity index is 2.15. The molecule has 1 aromatic carbocycles. The first-order valence-electron chi connectivity index (χ1n) is 8.21. The number of aryl methyl sites for hydroxylation is 1. The number of pyridine rings is 1. The molecule has 0 unspecified atom stereocenters. The van der Waals surface area contributed by atoms with Gasteiger partial charge in [0.25, 0.3) is 0 Å². The van der Waals surface area contributed by atoms with E-state index < -0.39 is 0 Å². The lowest BCUT2D eigenvalue weighted by atomic mass is 10.1. The van der Waals surface area contributed by atoms with Crippen molar-refractivity contribution in [2.24, 2.45) is 0 Å². The maximum absolute atomic E-state index is 5.67. The predicted molar refractivity (Wildman–Crippen MR) is 103 cm³/mol. The molecule has 0 spiro atoms. The van der Waals surface area contributed by atoms with E-state index in [9.17, 15) is 0 Å². The molecule has 1 N–H and O–H groups in total. The van der Waals surface area contributed by atoms with E-state index >= 15 is 0 Å². The molecule has 5 heteroatoms. The lowest BCUT2D eigenvalue weighted by Crippen LogP contribution is -2.39. The lowest BCUT2D eigenvalue weighted by Gasteiger charge is -2.32. The number of aromatic nitrogens is 1. The van der Waals surface area contributed by atoms with Gasteiger partial charge in [-0.25, -0.2) is 0 Å². The van der Waals surface area contributed by atoms with E-state index in [0.717, 1.165) is 17.7 Å². The Hall–Kier alpha value is -1.98. The Bertz CT molecular complexity index is 648. The van der Waals surface area contributed by atoms with Crippen molar-refractivity contribution in [2.75, 3.05) is 25.6 Å². The molecule has 24 heavy (non-hydrogen) atoms. The number of rotatable bonds is 7. The van der Waals surface area contributed by atoms with Gasteiger partial charge in [-0.1, -0.05) is 25.1 Å². The van der Waals surface area contributed by atoms with Gasteiger partial charge in [-0.15, -0.1) is 0 Å². The third-order valence-electron chi connectivity index (χ3n) is 4.02. The summed E-state index contributed by atoms with van der Waals surface area (Å²) in [6.45, 7) is 5.60. The summed E-state index contributed by atoms with van der Waals surface area (Å²) in [5.41, 5.74) is 3.42. The number of benzene rings is 1. The number of nitrogens with one attached hydrogen (secondary N) is 1. The molecule has 4 nitrogen and oxygen atoms in total. The van der Waals surface area contributed by atoms with Gasteiger partial charge in [0.1, 0.15) is 0 Å². The fourth-order valence-electron chi connectivity index (χ4n) is 2.53. The third-order valence-corrected chi connectivity index (χ3v) is 4.35. The van der Waals surface area contributed by atoms with Crippen molar-refractivity contribution in [3.63, 3.8) is 0 Å². The molecule has 2 rings (SSSR count). The highest BCUT2D eigenvalue weighted by Crippen LogP contribution is 2.21. The van der Waals surface area contributed by atoms with Gasteiger partial charge < -0.3 is 15.0 Å². The quantitative estimate of drug-likeness (QED) is 0.768. The molecule has 1 atom stereocenters. The Morgan fingerprint density at radius 2 is 2.17 bits per heavy atom. The van der Waals surface area contributed by atoms with Gasteiger partial charge in [0, 0.05) is 31.7 Å². The SMILES string of the molecule is CCc1cccc(NC(=S)N(CCOC)[C@@H](C)c2cccnc2)c1. The van der Waals surface area contributed by atoms with Gasteiger partial charge in [0.05, 0.1) is 12.6 Å². The molecule has 0 saturated carbocycles. The second-order valence-corrected chi connectivity index (χ2v) is 6.02. The van der Waals surface area contributed by atoms with Crippen LogP contribution in [0.4, 0.5) is 5.69 Å². The van der Waals surface area contributed by atoms with Crippen molar-refractivity contribution in [3.05, 3.63) is 59.9 Å². The van der Waals surface area contributed by atoms with Gasteiger partial charge in [-0.2, -0.15) is 0 Å². The zero-order valence-electron chi connectivity index (χ0n) is 14.5. The Kier molecular flexibility index (Phi) is 7.15. The first-order chi connectivity index (χ1) is 11.7. The molecule has 0 aliphatic heterocycles. The fraction of sp³-hybridized carbons (Fsp3) is 0.368. The van der Waals surface area contributed by atoms with Crippen molar-refractivity contribution >= 4 is 23.0 Å².